The largest absolute Gasteiger partial charge is 0.378 e. The number of aromatic nitrogens is 4. The van der Waals surface area contributed by atoms with Crippen molar-refractivity contribution in [3.63, 3.8) is 0 Å². The minimum atomic E-state index is -1.53. The molecule has 9 nitrogen and oxygen atoms in total. The van der Waals surface area contributed by atoms with Crippen LogP contribution in [0.1, 0.15) is 34.0 Å². The normalized spacial score (nSPS) is 14.6. The van der Waals surface area contributed by atoms with E-state index < -0.39 is 11.0 Å². The topological polar surface area (TPSA) is 106 Å². The first-order chi connectivity index (χ1) is 15.4. The fourth-order valence-electron chi connectivity index (χ4n) is 3.35. The van der Waals surface area contributed by atoms with E-state index in [2.05, 4.69) is 41.6 Å². The van der Waals surface area contributed by atoms with Crippen molar-refractivity contribution in [1.82, 2.24) is 20.1 Å². The van der Waals surface area contributed by atoms with E-state index in [4.69, 9.17) is 9.26 Å². The maximum Gasteiger partial charge on any atom is 0.155 e. The molecule has 166 valence electrons. The fraction of sp³-hybridized carbons (Fsp3) is 0.364. The summed E-state index contributed by atoms with van der Waals surface area (Å²) in [7, 11) is -1.53. The summed E-state index contributed by atoms with van der Waals surface area (Å²) in [5, 5.41) is 3.87. The Bertz CT molecular complexity index is 1200. The van der Waals surface area contributed by atoms with Gasteiger partial charge in [0.25, 0.3) is 0 Å². The average Bonchev–Trinajstić information content (AvgIpc) is 3.13. The Kier molecular flexibility index (Phi) is 6.48. The summed E-state index contributed by atoms with van der Waals surface area (Å²) < 4.78 is 26.4. The van der Waals surface area contributed by atoms with Crippen LogP contribution >= 0.6 is 0 Å². The van der Waals surface area contributed by atoms with Crippen molar-refractivity contribution in [2.24, 2.45) is 0 Å². The highest BCUT2D eigenvalue weighted by atomic mass is 32.2. The molecule has 32 heavy (non-hydrogen) atoms. The zero-order valence-electron chi connectivity index (χ0n) is 18.4. The van der Waals surface area contributed by atoms with Gasteiger partial charge in [-0.15, -0.1) is 0 Å². The van der Waals surface area contributed by atoms with Gasteiger partial charge in [-0.05, 0) is 33.8 Å². The Hall–Kier alpha value is -3.29. The third-order valence-electron chi connectivity index (χ3n) is 5.10. The number of aryl methyl sites for hydroxylation is 4. The zero-order chi connectivity index (χ0) is 22.7. The van der Waals surface area contributed by atoms with Gasteiger partial charge in [-0.1, -0.05) is 17.0 Å². The van der Waals surface area contributed by atoms with Gasteiger partial charge in [0, 0.05) is 24.8 Å². The molecule has 3 aromatic rings. The molecule has 0 aromatic carbocycles. The molecule has 1 saturated heterocycles. The Morgan fingerprint density at radius 3 is 2.53 bits per heavy atom. The van der Waals surface area contributed by atoms with Crippen LogP contribution in [-0.2, 0) is 15.7 Å². The first-order valence-corrected chi connectivity index (χ1v) is 11.3. The first-order valence-electron chi connectivity index (χ1n) is 10.2. The lowest BCUT2D eigenvalue weighted by Gasteiger charge is -2.28. The number of nitrogens with zero attached hydrogens (tertiary/aromatic N) is 5. The molecule has 3 aromatic heterocycles. The summed E-state index contributed by atoms with van der Waals surface area (Å²) >= 11 is 0. The highest BCUT2D eigenvalue weighted by Gasteiger charge is 2.18. The highest BCUT2D eigenvalue weighted by Crippen LogP contribution is 2.22. The Morgan fingerprint density at radius 1 is 1.03 bits per heavy atom. The van der Waals surface area contributed by atoms with Gasteiger partial charge in [0.15, 0.2) is 16.7 Å². The summed E-state index contributed by atoms with van der Waals surface area (Å²) in [4.78, 5) is 15.9. The van der Waals surface area contributed by atoms with Gasteiger partial charge < -0.3 is 14.2 Å². The van der Waals surface area contributed by atoms with Gasteiger partial charge in [0.1, 0.15) is 17.0 Å². The smallest absolute Gasteiger partial charge is 0.155 e. The molecule has 1 aliphatic rings. The molecular formula is C22H24N6O3S. The average molecular weight is 453 g/mol. The van der Waals surface area contributed by atoms with E-state index in [9.17, 15) is 4.21 Å². The van der Waals surface area contributed by atoms with E-state index in [0.29, 0.717) is 46.5 Å². The van der Waals surface area contributed by atoms with Crippen LogP contribution in [0.4, 0.5) is 11.5 Å². The second kappa shape index (κ2) is 9.46. The van der Waals surface area contributed by atoms with Crippen LogP contribution in [0, 0.1) is 39.5 Å². The van der Waals surface area contributed by atoms with Gasteiger partial charge >= 0.3 is 0 Å². The van der Waals surface area contributed by atoms with E-state index >= 15 is 0 Å². The summed E-state index contributed by atoms with van der Waals surface area (Å²) in [5.41, 5.74) is 4.21. The van der Waals surface area contributed by atoms with Crippen LogP contribution in [0.3, 0.4) is 0 Å². The van der Waals surface area contributed by atoms with Gasteiger partial charge in [-0.25, -0.2) is 14.2 Å². The van der Waals surface area contributed by atoms with Crippen molar-refractivity contribution >= 4 is 22.5 Å². The van der Waals surface area contributed by atoms with Crippen LogP contribution in [0.15, 0.2) is 28.0 Å². The molecule has 0 saturated carbocycles. The Labute approximate surface area is 189 Å². The molecule has 0 radical (unpaired) electrons. The minimum Gasteiger partial charge on any atom is -0.378 e. The van der Waals surface area contributed by atoms with Crippen LogP contribution in [0.5, 0.6) is 0 Å². The molecule has 0 amide bonds. The lowest BCUT2D eigenvalue weighted by molar-refractivity contribution is 0.122. The van der Waals surface area contributed by atoms with Gasteiger partial charge in [0.05, 0.1) is 41.5 Å². The molecule has 0 bridgehead atoms. The van der Waals surface area contributed by atoms with E-state index in [-0.39, 0.29) is 0 Å². The molecule has 1 atom stereocenters. The van der Waals surface area contributed by atoms with Crippen molar-refractivity contribution in [2.45, 2.75) is 32.6 Å². The van der Waals surface area contributed by atoms with Crippen LogP contribution in [0.2, 0.25) is 0 Å². The molecule has 1 N–H and O–H groups in total. The number of rotatable bonds is 4. The number of anilines is 2. The van der Waals surface area contributed by atoms with E-state index in [1.54, 1.807) is 26.4 Å². The second-order valence-corrected chi connectivity index (χ2v) is 8.54. The van der Waals surface area contributed by atoms with Crippen molar-refractivity contribution in [3.05, 3.63) is 52.6 Å². The van der Waals surface area contributed by atoms with Crippen LogP contribution < -0.4 is 9.62 Å². The fourth-order valence-corrected chi connectivity index (χ4v) is 4.46. The molecule has 0 spiro atoms. The van der Waals surface area contributed by atoms with Gasteiger partial charge in [-0.2, -0.15) is 0 Å². The Morgan fingerprint density at radius 2 is 1.81 bits per heavy atom. The number of hydrogen-bond acceptors (Lipinski definition) is 8. The third-order valence-corrected chi connectivity index (χ3v) is 6.46. The van der Waals surface area contributed by atoms with Crippen molar-refractivity contribution in [2.75, 3.05) is 35.9 Å². The lowest BCUT2D eigenvalue weighted by Crippen LogP contribution is -2.37. The maximum atomic E-state index is 12.8. The third kappa shape index (κ3) is 4.64. The standard InChI is InChI=1S/C22H24N6O3S/c1-14-19(22(25-13-24-14)28-7-9-30-10-8-28)6-5-18-11-20(15(2)23-12-18)27-32(29)21-16(3)26-31-17(21)4/h11-13,27H,7-10H2,1-4H3. The summed E-state index contributed by atoms with van der Waals surface area (Å²) in [6.07, 6.45) is 3.25. The lowest BCUT2D eigenvalue weighted by atomic mass is 10.1. The highest BCUT2D eigenvalue weighted by molar-refractivity contribution is 7.86. The summed E-state index contributed by atoms with van der Waals surface area (Å²) in [6, 6.07) is 1.83. The van der Waals surface area contributed by atoms with E-state index in [0.717, 1.165) is 30.2 Å². The maximum absolute atomic E-state index is 12.8. The second-order valence-electron chi connectivity index (χ2n) is 7.39. The van der Waals surface area contributed by atoms with E-state index in [1.807, 2.05) is 19.9 Å². The summed E-state index contributed by atoms with van der Waals surface area (Å²) in [5.74, 6) is 7.70. The van der Waals surface area contributed by atoms with Gasteiger partial charge in [0.2, 0.25) is 0 Å². The van der Waals surface area contributed by atoms with Crippen molar-refractivity contribution in [1.29, 1.82) is 0 Å². The number of morpholine rings is 1. The number of ether oxygens (including phenoxy) is 1. The van der Waals surface area contributed by atoms with Crippen LogP contribution in [-0.4, -0.2) is 50.6 Å². The predicted molar refractivity (Wildman–Crippen MR) is 121 cm³/mol. The van der Waals surface area contributed by atoms with Crippen molar-refractivity contribution < 1.29 is 13.5 Å². The van der Waals surface area contributed by atoms with Gasteiger partial charge in [-0.3, -0.25) is 9.71 Å². The number of nitrogens with one attached hydrogen (secondary N) is 1. The molecule has 10 heteroatoms. The molecule has 1 unspecified atom stereocenters. The molecule has 1 fully saturated rings. The molecular weight excluding hydrogens is 428 g/mol. The SMILES string of the molecule is Cc1ncc(C#Cc2c(C)ncnc2N2CCOCC2)cc1NS(=O)c1c(C)noc1C. The molecule has 4 rings (SSSR count). The monoisotopic (exact) mass is 452 g/mol. The van der Waals surface area contributed by atoms with Crippen LogP contribution in [0.25, 0.3) is 0 Å². The first kappa shape index (κ1) is 21.9. The molecule has 1 aliphatic heterocycles. The minimum absolute atomic E-state index is 0.519. The summed E-state index contributed by atoms with van der Waals surface area (Å²) in [6.45, 7) is 10.1. The van der Waals surface area contributed by atoms with E-state index in [1.165, 1.54) is 0 Å². The molecule has 4 heterocycles. The molecule has 0 aliphatic carbocycles. The quantitative estimate of drug-likeness (QED) is 0.602. The number of pyridine rings is 1. The number of hydrogen-bond donors (Lipinski definition) is 1. The van der Waals surface area contributed by atoms with Crippen molar-refractivity contribution in [3.8, 4) is 11.8 Å². The Balaban J connectivity index is 1.62. The zero-order valence-corrected chi connectivity index (χ0v) is 19.2. The predicted octanol–water partition coefficient (Wildman–Crippen LogP) is 2.46.